The van der Waals surface area contributed by atoms with E-state index in [9.17, 15) is 27.2 Å². The largest absolute Gasteiger partial charge is 0.493 e. The SMILES string of the molecule is COc1ccc([C@@](OC)(C(=O)N2CCC3(CC2)CC(=O)NC[C@H]3c2ccc(F)cc2)C(F)(F)F)cc1OC. The molecule has 0 aromatic heterocycles. The van der Waals surface area contributed by atoms with Crippen LogP contribution in [0.4, 0.5) is 17.6 Å². The number of carbonyl (C=O) groups excluding carboxylic acids is 2. The maximum absolute atomic E-state index is 14.7. The molecule has 2 saturated heterocycles. The van der Waals surface area contributed by atoms with Gasteiger partial charge in [-0.15, -0.1) is 0 Å². The van der Waals surface area contributed by atoms with E-state index in [4.69, 9.17) is 14.2 Å². The van der Waals surface area contributed by atoms with E-state index in [2.05, 4.69) is 5.32 Å². The van der Waals surface area contributed by atoms with Crippen molar-refractivity contribution in [2.45, 2.75) is 37.0 Å². The molecule has 2 aromatic rings. The van der Waals surface area contributed by atoms with Crippen molar-refractivity contribution in [3.05, 3.63) is 59.4 Å². The van der Waals surface area contributed by atoms with Gasteiger partial charge in [0.05, 0.1) is 14.2 Å². The number of piperidine rings is 2. The maximum Gasteiger partial charge on any atom is 0.430 e. The molecule has 2 aliphatic heterocycles. The van der Waals surface area contributed by atoms with E-state index in [1.54, 1.807) is 12.1 Å². The molecule has 2 atom stereocenters. The second-order valence-corrected chi connectivity index (χ2v) is 9.69. The average Bonchev–Trinajstić information content (AvgIpc) is 2.89. The van der Waals surface area contributed by atoms with Gasteiger partial charge in [0.25, 0.3) is 11.5 Å². The molecule has 11 heteroatoms. The smallest absolute Gasteiger partial charge is 0.430 e. The lowest BCUT2D eigenvalue weighted by molar-refractivity contribution is -0.271. The molecule has 2 fully saturated rings. The van der Waals surface area contributed by atoms with Gasteiger partial charge in [-0.3, -0.25) is 9.59 Å². The fraction of sp³-hybridized carbons (Fsp3) is 0.481. The quantitative estimate of drug-likeness (QED) is 0.559. The van der Waals surface area contributed by atoms with E-state index in [0.29, 0.717) is 19.4 Å². The number of nitrogens with zero attached hydrogens (tertiary/aromatic N) is 1. The van der Waals surface area contributed by atoms with E-state index < -0.39 is 28.7 Å². The zero-order valence-electron chi connectivity index (χ0n) is 21.4. The number of likely N-dealkylation sites (tertiary alicyclic amines) is 1. The van der Waals surface area contributed by atoms with Crippen LogP contribution in [0.2, 0.25) is 0 Å². The van der Waals surface area contributed by atoms with Gasteiger partial charge < -0.3 is 24.4 Å². The van der Waals surface area contributed by atoms with Crippen LogP contribution in [0.1, 0.15) is 36.3 Å². The van der Waals surface area contributed by atoms with E-state index in [1.807, 2.05) is 0 Å². The van der Waals surface area contributed by atoms with Crippen molar-refractivity contribution in [2.75, 3.05) is 41.0 Å². The Hall–Kier alpha value is -3.34. The van der Waals surface area contributed by atoms with Crippen molar-refractivity contribution < 1.29 is 41.4 Å². The lowest BCUT2D eigenvalue weighted by Crippen LogP contribution is -2.60. The number of halogens is 4. The Morgan fingerprint density at radius 1 is 1.00 bits per heavy atom. The second-order valence-electron chi connectivity index (χ2n) is 9.69. The zero-order valence-corrected chi connectivity index (χ0v) is 21.4. The summed E-state index contributed by atoms with van der Waals surface area (Å²) < 4.78 is 72.9. The molecule has 1 N–H and O–H groups in total. The second kappa shape index (κ2) is 10.4. The Morgan fingerprint density at radius 3 is 2.18 bits per heavy atom. The van der Waals surface area contributed by atoms with E-state index >= 15 is 0 Å². The monoisotopic (exact) mass is 538 g/mol. The lowest BCUT2D eigenvalue weighted by Gasteiger charge is -2.50. The summed E-state index contributed by atoms with van der Waals surface area (Å²) in [6.45, 7) is 0.325. The highest BCUT2D eigenvalue weighted by Crippen LogP contribution is 2.51. The third kappa shape index (κ3) is 4.68. The number of methoxy groups -OCH3 is 3. The summed E-state index contributed by atoms with van der Waals surface area (Å²) in [6, 6.07) is 9.53. The summed E-state index contributed by atoms with van der Waals surface area (Å²) in [5.74, 6) is -1.72. The van der Waals surface area contributed by atoms with Gasteiger partial charge in [-0.2, -0.15) is 13.2 Å². The lowest BCUT2D eigenvalue weighted by atomic mass is 9.62. The molecule has 4 rings (SSSR count). The number of alkyl halides is 3. The summed E-state index contributed by atoms with van der Waals surface area (Å²) >= 11 is 0. The number of nitrogens with one attached hydrogen (secondary N) is 1. The molecular formula is C27H30F4N2O5. The molecule has 2 amide bonds. The summed E-state index contributed by atoms with van der Waals surface area (Å²) in [7, 11) is 3.49. The zero-order chi connectivity index (χ0) is 27.7. The van der Waals surface area contributed by atoms with Gasteiger partial charge in [0, 0.05) is 44.6 Å². The molecule has 0 radical (unpaired) electrons. The van der Waals surface area contributed by atoms with Crippen molar-refractivity contribution in [3.8, 4) is 11.5 Å². The van der Waals surface area contributed by atoms with Crippen molar-refractivity contribution in [1.82, 2.24) is 10.2 Å². The van der Waals surface area contributed by atoms with Crippen molar-refractivity contribution >= 4 is 11.8 Å². The average molecular weight is 539 g/mol. The van der Waals surface area contributed by atoms with Gasteiger partial charge >= 0.3 is 6.18 Å². The first kappa shape index (κ1) is 27.7. The van der Waals surface area contributed by atoms with Gasteiger partial charge in [-0.25, -0.2) is 4.39 Å². The fourth-order valence-electron chi connectivity index (χ4n) is 5.79. The molecule has 38 heavy (non-hydrogen) atoms. The molecular weight excluding hydrogens is 508 g/mol. The third-order valence-electron chi connectivity index (χ3n) is 7.87. The Morgan fingerprint density at radius 2 is 1.63 bits per heavy atom. The fourth-order valence-corrected chi connectivity index (χ4v) is 5.79. The van der Waals surface area contributed by atoms with Gasteiger partial charge in [0.15, 0.2) is 11.5 Å². The number of carbonyl (C=O) groups is 2. The predicted octanol–water partition coefficient (Wildman–Crippen LogP) is 4.16. The molecule has 0 bridgehead atoms. The van der Waals surface area contributed by atoms with E-state index in [0.717, 1.165) is 29.7 Å². The Balaban J connectivity index is 1.65. The standard InChI is InChI=1S/C27H30F4N2O5/c1-36-21-9-6-18(14-22(21)37-2)26(38-3,27(29,30)31)24(35)33-12-10-25(11-13-33)15-23(34)32-16-20(25)17-4-7-19(28)8-5-17/h4-9,14,20H,10-13,15-16H2,1-3H3,(H,32,34)/t20-,26+/m0/s1. The van der Waals surface area contributed by atoms with Crippen molar-refractivity contribution in [3.63, 3.8) is 0 Å². The minimum atomic E-state index is -5.09. The van der Waals surface area contributed by atoms with Crippen LogP contribution >= 0.6 is 0 Å². The first-order chi connectivity index (χ1) is 18.0. The molecule has 1 spiro atoms. The predicted molar refractivity (Wildman–Crippen MR) is 129 cm³/mol. The maximum atomic E-state index is 14.7. The van der Waals surface area contributed by atoms with Crippen LogP contribution in [0.25, 0.3) is 0 Å². The van der Waals surface area contributed by atoms with Crippen molar-refractivity contribution in [2.24, 2.45) is 5.41 Å². The number of ether oxygens (including phenoxy) is 3. The first-order valence-electron chi connectivity index (χ1n) is 12.2. The molecule has 2 heterocycles. The molecule has 2 aromatic carbocycles. The van der Waals surface area contributed by atoms with Crippen LogP contribution < -0.4 is 14.8 Å². The Bertz CT molecular complexity index is 1180. The highest BCUT2D eigenvalue weighted by atomic mass is 19.4. The van der Waals surface area contributed by atoms with Crippen LogP contribution in [0.15, 0.2) is 42.5 Å². The highest BCUT2D eigenvalue weighted by Gasteiger charge is 2.64. The first-order valence-corrected chi connectivity index (χ1v) is 12.2. The van der Waals surface area contributed by atoms with Gasteiger partial charge in [-0.05, 0) is 48.1 Å². The number of hydrogen-bond donors (Lipinski definition) is 1. The van der Waals surface area contributed by atoms with E-state index in [-0.39, 0.29) is 48.7 Å². The minimum Gasteiger partial charge on any atom is -0.493 e. The minimum absolute atomic E-state index is 0.00170. The summed E-state index contributed by atoms with van der Waals surface area (Å²) in [6.07, 6.45) is -4.31. The number of hydrogen-bond acceptors (Lipinski definition) is 5. The normalized spacial score (nSPS) is 21.0. The topological polar surface area (TPSA) is 77.1 Å². The van der Waals surface area contributed by atoms with E-state index in [1.165, 1.54) is 32.4 Å². The summed E-state index contributed by atoms with van der Waals surface area (Å²) in [5.41, 5.74) is -3.44. The van der Waals surface area contributed by atoms with Crippen LogP contribution in [0, 0.1) is 11.2 Å². The molecule has 206 valence electrons. The van der Waals surface area contributed by atoms with Gasteiger partial charge in [0.1, 0.15) is 5.82 Å². The van der Waals surface area contributed by atoms with Crippen LogP contribution in [-0.2, 0) is 19.9 Å². The number of amides is 2. The Labute approximate surface area is 218 Å². The van der Waals surface area contributed by atoms with Crippen LogP contribution in [0.5, 0.6) is 11.5 Å². The molecule has 0 aliphatic carbocycles. The highest BCUT2D eigenvalue weighted by molar-refractivity contribution is 5.88. The third-order valence-corrected chi connectivity index (χ3v) is 7.87. The molecule has 0 saturated carbocycles. The number of rotatable bonds is 6. The molecule has 2 aliphatic rings. The Kier molecular flexibility index (Phi) is 7.60. The summed E-state index contributed by atoms with van der Waals surface area (Å²) in [4.78, 5) is 27.2. The van der Waals surface area contributed by atoms with Crippen molar-refractivity contribution in [1.29, 1.82) is 0 Å². The summed E-state index contributed by atoms with van der Waals surface area (Å²) in [5, 5.41) is 2.84. The van der Waals surface area contributed by atoms with Crippen LogP contribution in [-0.4, -0.2) is 63.9 Å². The van der Waals surface area contributed by atoms with Crippen LogP contribution in [0.3, 0.4) is 0 Å². The number of benzene rings is 2. The van der Waals surface area contributed by atoms with Gasteiger partial charge in [0.2, 0.25) is 5.91 Å². The van der Waals surface area contributed by atoms with Gasteiger partial charge in [-0.1, -0.05) is 18.2 Å². The molecule has 0 unspecified atom stereocenters. The molecule has 7 nitrogen and oxygen atoms in total.